The van der Waals surface area contributed by atoms with E-state index in [9.17, 15) is 4.79 Å². The lowest BCUT2D eigenvalue weighted by Crippen LogP contribution is -2.13. The van der Waals surface area contributed by atoms with Crippen LogP contribution in [-0.2, 0) is 0 Å². The van der Waals surface area contributed by atoms with Crippen LogP contribution in [0.1, 0.15) is 10.5 Å². The molecule has 0 bridgehead atoms. The van der Waals surface area contributed by atoms with Crippen molar-refractivity contribution in [2.45, 2.75) is 0 Å². The number of hydrogen-bond acceptors (Lipinski definition) is 4. The van der Waals surface area contributed by atoms with Crippen molar-refractivity contribution in [1.29, 1.82) is 0 Å². The molecule has 5 heteroatoms. The van der Waals surface area contributed by atoms with Gasteiger partial charge >= 0.3 is 5.97 Å². The Labute approximate surface area is 81.9 Å². The molecule has 1 rings (SSSR count). The summed E-state index contributed by atoms with van der Waals surface area (Å²) >= 11 is 0. The summed E-state index contributed by atoms with van der Waals surface area (Å²) in [6.45, 7) is 0. The molecule has 1 heterocycles. The van der Waals surface area contributed by atoms with Crippen molar-refractivity contribution in [3.63, 3.8) is 0 Å². The minimum absolute atomic E-state index is 0.0203. The summed E-state index contributed by atoms with van der Waals surface area (Å²) in [6.07, 6.45) is 0. The van der Waals surface area contributed by atoms with Crippen molar-refractivity contribution in [2.75, 3.05) is 26.1 Å². The first kappa shape index (κ1) is 10.3. The molecule has 5 nitrogen and oxygen atoms in total. The maximum Gasteiger partial charge on any atom is 0.354 e. The normalized spacial score (nSPS) is 9.64. The Morgan fingerprint density at radius 3 is 2.57 bits per heavy atom. The van der Waals surface area contributed by atoms with Crippen molar-refractivity contribution in [3.05, 3.63) is 17.8 Å². The zero-order valence-corrected chi connectivity index (χ0v) is 8.31. The molecular formula is C9H12N2O3. The van der Waals surface area contributed by atoms with Crippen LogP contribution in [0.2, 0.25) is 0 Å². The second-order valence-electron chi connectivity index (χ2n) is 2.95. The Bertz CT molecular complexity index is 350. The summed E-state index contributed by atoms with van der Waals surface area (Å²) in [5.74, 6) is -0.0187. The number of ether oxygens (including phenoxy) is 1. The van der Waals surface area contributed by atoms with E-state index >= 15 is 0 Å². The third kappa shape index (κ3) is 2.12. The summed E-state index contributed by atoms with van der Waals surface area (Å²) in [7, 11) is 5.06. The van der Waals surface area contributed by atoms with E-state index in [1.54, 1.807) is 25.1 Å². The lowest BCUT2D eigenvalue weighted by atomic mass is 10.3. The number of nitrogens with zero attached hydrogens (tertiary/aromatic N) is 2. The first-order valence-corrected chi connectivity index (χ1v) is 4.01. The predicted molar refractivity (Wildman–Crippen MR) is 52.1 cm³/mol. The van der Waals surface area contributed by atoms with Gasteiger partial charge in [0.05, 0.1) is 7.11 Å². The van der Waals surface area contributed by atoms with Crippen LogP contribution in [0.3, 0.4) is 0 Å². The Morgan fingerprint density at radius 2 is 2.14 bits per heavy atom. The summed E-state index contributed by atoms with van der Waals surface area (Å²) in [5, 5.41) is 8.77. The number of carboxylic acids is 1. The number of hydrogen-bond donors (Lipinski definition) is 1. The van der Waals surface area contributed by atoms with E-state index in [2.05, 4.69) is 4.98 Å². The Kier molecular flexibility index (Phi) is 2.91. The lowest BCUT2D eigenvalue weighted by molar-refractivity contribution is 0.0690. The average Bonchev–Trinajstić information content (AvgIpc) is 2.16. The van der Waals surface area contributed by atoms with Crippen molar-refractivity contribution in [3.8, 4) is 5.75 Å². The van der Waals surface area contributed by atoms with Gasteiger partial charge in [0, 0.05) is 26.2 Å². The molecule has 0 saturated carbocycles. The molecule has 0 spiro atoms. The van der Waals surface area contributed by atoms with Crippen LogP contribution < -0.4 is 9.64 Å². The molecule has 76 valence electrons. The van der Waals surface area contributed by atoms with Gasteiger partial charge in [-0.1, -0.05) is 0 Å². The first-order chi connectivity index (χ1) is 6.54. The van der Waals surface area contributed by atoms with Gasteiger partial charge in [-0.15, -0.1) is 0 Å². The first-order valence-electron chi connectivity index (χ1n) is 4.01. The number of carboxylic acid groups (broad SMARTS) is 1. The largest absolute Gasteiger partial charge is 0.497 e. The zero-order chi connectivity index (χ0) is 10.7. The fourth-order valence-corrected chi connectivity index (χ4v) is 0.948. The molecule has 1 aromatic rings. The van der Waals surface area contributed by atoms with Gasteiger partial charge < -0.3 is 14.7 Å². The maximum absolute atomic E-state index is 10.7. The lowest BCUT2D eigenvalue weighted by Gasteiger charge is -2.12. The minimum Gasteiger partial charge on any atom is -0.497 e. The number of aromatic carboxylic acids is 1. The number of rotatable bonds is 3. The minimum atomic E-state index is -1.06. The summed E-state index contributed by atoms with van der Waals surface area (Å²) in [4.78, 5) is 16.4. The van der Waals surface area contributed by atoms with Gasteiger partial charge in [-0.05, 0) is 0 Å². The third-order valence-electron chi connectivity index (χ3n) is 1.70. The Balaban J connectivity index is 3.20. The molecule has 14 heavy (non-hydrogen) atoms. The molecule has 0 aliphatic heterocycles. The molecule has 0 radical (unpaired) electrons. The van der Waals surface area contributed by atoms with Crippen LogP contribution in [0.25, 0.3) is 0 Å². The molecule has 0 atom stereocenters. The quantitative estimate of drug-likeness (QED) is 0.776. The van der Waals surface area contributed by atoms with E-state index < -0.39 is 5.97 Å². The number of methoxy groups -OCH3 is 1. The second kappa shape index (κ2) is 3.95. The van der Waals surface area contributed by atoms with E-state index in [1.165, 1.54) is 13.2 Å². The molecule has 0 saturated heterocycles. The molecule has 0 fully saturated rings. The predicted octanol–water partition coefficient (Wildman–Crippen LogP) is 0.854. The maximum atomic E-state index is 10.7. The van der Waals surface area contributed by atoms with Crippen LogP contribution in [0.5, 0.6) is 5.75 Å². The van der Waals surface area contributed by atoms with E-state index in [0.29, 0.717) is 11.6 Å². The highest BCUT2D eigenvalue weighted by Gasteiger charge is 2.09. The smallest absolute Gasteiger partial charge is 0.354 e. The molecule has 1 aromatic heterocycles. The van der Waals surface area contributed by atoms with Crippen molar-refractivity contribution < 1.29 is 14.6 Å². The van der Waals surface area contributed by atoms with Crippen LogP contribution >= 0.6 is 0 Å². The highest BCUT2D eigenvalue weighted by atomic mass is 16.5. The number of carbonyl (C=O) groups is 1. The SMILES string of the molecule is COc1cc(C(=O)O)nc(N(C)C)c1. The van der Waals surface area contributed by atoms with E-state index in [-0.39, 0.29) is 5.69 Å². The molecule has 0 aromatic carbocycles. The van der Waals surface area contributed by atoms with Gasteiger partial charge in [-0.3, -0.25) is 0 Å². The zero-order valence-electron chi connectivity index (χ0n) is 8.31. The van der Waals surface area contributed by atoms with Crippen LogP contribution in [0, 0.1) is 0 Å². The standard InChI is InChI=1S/C9H12N2O3/c1-11(2)8-5-6(14-3)4-7(10-8)9(12)13/h4-5H,1-3H3,(H,12,13). The molecule has 1 N–H and O–H groups in total. The van der Waals surface area contributed by atoms with Gasteiger partial charge in [-0.25, -0.2) is 9.78 Å². The van der Waals surface area contributed by atoms with Gasteiger partial charge in [0.1, 0.15) is 11.6 Å². The van der Waals surface area contributed by atoms with Crippen LogP contribution in [0.4, 0.5) is 5.82 Å². The number of pyridine rings is 1. The monoisotopic (exact) mass is 196 g/mol. The average molecular weight is 196 g/mol. The van der Waals surface area contributed by atoms with Gasteiger partial charge in [-0.2, -0.15) is 0 Å². The Morgan fingerprint density at radius 1 is 1.50 bits per heavy atom. The highest BCUT2D eigenvalue weighted by molar-refractivity contribution is 5.86. The Hall–Kier alpha value is -1.78. The van der Waals surface area contributed by atoms with E-state index in [4.69, 9.17) is 9.84 Å². The molecular weight excluding hydrogens is 184 g/mol. The molecule has 0 aliphatic rings. The van der Waals surface area contributed by atoms with Gasteiger partial charge in [0.15, 0.2) is 5.69 Å². The second-order valence-corrected chi connectivity index (χ2v) is 2.95. The number of anilines is 1. The van der Waals surface area contributed by atoms with E-state index in [1.807, 2.05) is 0 Å². The highest BCUT2D eigenvalue weighted by Crippen LogP contribution is 2.18. The molecule has 0 unspecified atom stereocenters. The van der Waals surface area contributed by atoms with Crippen molar-refractivity contribution in [2.24, 2.45) is 0 Å². The molecule has 0 aliphatic carbocycles. The van der Waals surface area contributed by atoms with E-state index in [0.717, 1.165) is 0 Å². The van der Waals surface area contributed by atoms with Crippen molar-refractivity contribution in [1.82, 2.24) is 4.98 Å². The topological polar surface area (TPSA) is 62.7 Å². The fourth-order valence-electron chi connectivity index (χ4n) is 0.948. The number of aromatic nitrogens is 1. The summed E-state index contributed by atoms with van der Waals surface area (Å²) < 4.78 is 4.97. The third-order valence-corrected chi connectivity index (χ3v) is 1.70. The summed E-state index contributed by atoms with van der Waals surface area (Å²) in [6, 6.07) is 3.06. The van der Waals surface area contributed by atoms with Crippen LogP contribution in [0.15, 0.2) is 12.1 Å². The fraction of sp³-hybridized carbons (Fsp3) is 0.333. The molecule has 0 amide bonds. The van der Waals surface area contributed by atoms with Crippen molar-refractivity contribution >= 4 is 11.8 Å². The van der Waals surface area contributed by atoms with Gasteiger partial charge in [0.2, 0.25) is 0 Å². The van der Waals surface area contributed by atoms with Crippen LogP contribution in [-0.4, -0.2) is 37.3 Å². The van der Waals surface area contributed by atoms with Gasteiger partial charge in [0.25, 0.3) is 0 Å². The summed E-state index contributed by atoms with van der Waals surface area (Å²) in [5.41, 5.74) is -0.0203.